The van der Waals surface area contributed by atoms with Crippen LogP contribution in [0.5, 0.6) is 5.75 Å². The van der Waals surface area contributed by atoms with Crippen molar-refractivity contribution in [1.29, 1.82) is 0 Å². The summed E-state index contributed by atoms with van der Waals surface area (Å²) in [7, 11) is 3.28. The fraction of sp³-hybridized carbons (Fsp3) is 0.583. The highest BCUT2D eigenvalue weighted by Crippen LogP contribution is 2.41. The Balaban J connectivity index is 1.15. The smallest absolute Gasteiger partial charge is 0.409 e. The molecule has 1 N–H and O–H groups in total. The molecule has 47 heavy (non-hydrogen) atoms. The predicted molar refractivity (Wildman–Crippen MR) is 176 cm³/mol. The molecule has 3 aromatic heterocycles. The van der Waals surface area contributed by atoms with E-state index in [1.165, 1.54) is 4.90 Å². The lowest BCUT2D eigenvalue weighted by atomic mass is 9.79. The van der Waals surface area contributed by atoms with Gasteiger partial charge in [0, 0.05) is 55.3 Å². The summed E-state index contributed by atoms with van der Waals surface area (Å²) < 4.78 is 16.8. The van der Waals surface area contributed by atoms with Crippen LogP contribution < -0.4 is 9.64 Å². The van der Waals surface area contributed by atoms with Crippen LogP contribution in [-0.4, -0.2) is 76.9 Å². The van der Waals surface area contributed by atoms with Gasteiger partial charge < -0.3 is 23.9 Å². The van der Waals surface area contributed by atoms with Gasteiger partial charge >= 0.3 is 6.09 Å². The van der Waals surface area contributed by atoms with Crippen LogP contribution in [0.25, 0.3) is 11.3 Å². The Morgan fingerprint density at radius 3 is 2.40 bits per heavy atom. The van der Waals surface area contributed by atoms with E-state index in [2.05, 4.69) is 6.07 Å². The van der Waals surface area contributed by atoms with Crippen molar-refractivity contribution in [2.75, 3.05) is 38.8 Å². The highest BCUT2D eigenvalue weighted by atomic mass is 16.6. The summed E-state index contributed by atoms with van der Waals surface area (Å²) in [5.74, 6) is 3.27. The maximum Gasteiger partial charge on any atom is 0.409 e. The number of aromatic nitrogens is 3. The van der Waals surface area contributed by atoms with E-state index in [-0.39, 0.29) is 31.1 Å². The summed E-state index contributed by atoms with van der Waals surface area (Å²) in [6.07, 6.45) is 11.6. The molecule has 3 heterocycles. The van der Waals surface area contributed by atoms with Gasteiger partial charge in [0.15, 0.2) is 5.89 Å². The molecular formula is C36H47N5O6. The number of aliphatic hydroxyl groups excluding tert-OH is 1. The van der Waals surface area contributed by atoms with Crippen LogP contribution in [0, 0.1) is 18.8 Å². The summed E-state index contributed by atoms with van der Waals surface area (Å²) in [5, 5.41) is 9.14. The van der Waals surface area contributed by atoms with Crippen molar-refractivity contribution in [2.45, 2.75) is 89.1 Å². The van der Waals surface area contributed by atoms with E-state index >= 15 is 0 Å². The lowest BCUT2D eigenvalue weighted by Crippen LogP contribution is -2.43. The highest BCUT2D eigenvalue weighted by Gasteiger charge is 2.35. The molecule has 2 amide bonds. The number of hydrogen-bond acceptors (Lipinski definition) is 9. The predicted octanol–water partition coefficient (Wildman–Crippen LogP) is 6.25. The molecule has 0 aromatic carbocycles. The highest BCUT2D eigenvalue weighted by molar-refractivity contribution is 5.94. The van der Waals surface area contributed by atoms with E-state index in [1.54, 1.807) is 26.6 Å². The van der Waals surface area contributed by atoms with E-state index in [0.29, 0.717) is 55.8 Å². The molecule has 11 nitrogen and oxygen atoms in total. The number of amides is 2. The number of hydrogen-bond donors (Lipinski definition) is 1. The number of pyridine rings is 2. The number of anilines is 1. The van der Waals surface area contributed by atoms with Crippen LogP contribution in [0.2, 0.25) is 0 Å². The van der Waals surface area contributed by atoms with E-state index in [4.69, 9.17) is 33.9 Å². The molecule has 0 aliphatic heterocycles. The zero-order valence-electron chi connectivity index (χ0n) is 27.8. The number of methoxy groups -OCH3 is 1. The van der Waals surface area contributed by atoms with E-state index in [1.807, 2.05) is 30.0 Å². The molecule has 252 valence electrons. The minimum atomic E-state index is -0.440. The number of oxazole rings is 1. The number of aliphatic hydroxyl groups is 1. The third-order valence-corrected chi connectivity index (χ3v) is 10.1. The third kappa shape index (κ3) is 7.94. The van der Waals surface area contributed by atoms with Gasteiger partial charge in [-0.3, -0.25) is 14.7 Å². The molecule has 0 radical (unpaired) electrons. The number of ether oxygens (including phenoxy) is 2. The first-order valence-electron chi connectivity index (χ1n) is 17.1. The lowest BCUT2D eigenvalue weighted by Gasteiger charge is -2.35. The normalized spacial score (nSPS) is 22.8. The average Bonchev–Trinajstić information content (AvgIpc) is 3.83. The molecule has 3 aliphatic rings. The third-order valence-electron chi connectivity index (χ3n) is 10.1. The number of aryl methyl sites for hydroxylation is 1. The molecule has 3 aliphatic carbocycles. The van der Waals surface area contributed by atoms with Gasteiger partial charge in [-0.1, -0.05) is 0 Å². The van der Waals surface area contributed by atoms with Crippen molar-refractivity contribution >= 4 is 17.8 Å². The molecule has 0 atom stereocenters. The van der Waals surface area contributed by atoms with Gasteiger partial charge in [0.05, 0.1) is 19.4 Å². The summed E-state index contributed by atoms with van der Waals surface area (Å²) in [6.45, 7) is 2.69. The molecule has 0 unspecified atom stereocenters. The van der Waals surface area contributed by atoms with Gasteiger partial charge in [-0.15, -0.1) is 0 Å². The summed E-state index contributed by atoms with van der Waals surface area (Å²) in [5.41, 5.74) is 3.67. The topological polar surface area (TPSA) is 131 Å². The second-order valence-electron chi connectivity index (χ2n) is 13.4. The van der Waals surface area contributed by atoms with Crippen LogP contribution in [0.1, 0.15) is 93.3 Å². The fourth-order valence-corrected chi connectivity index (χ4v) is 6.99. The molecule has 6 rings (SSSR count). The fourth-order valence-electron chi connectivity index (χ4n) is 6.99. The first-order valence-corrected chi connectivity index (χ1v) is 17.1. The number of rotatable bonds is 11. The second kappa shape index (κ2) is 14.8. The lowest BCUT2D eigenvalue weighted by molar-refractivity contribution is -0.124. The Hall–Kier alpha value is -3.99. The number of carbonyl (C=O) groups is 2. The molecule has 3 fully saturated rings. The Bertz CT molecular complexity index is 1520. The van der Waals surface area contributed by atoms with Crippen LogP contribution >= 0.6 is 0 Å². The summed E-state index contributed by atoms with van der Waals surface area (Å²) in [6, 6.07) is 7.98. The Morgan fingerprint density at radius 2 is 1.72 bits per heavy atom. The molecule has 0 bridgehead atoms. The van der Waals surface area contributed by atoms with Crippen molar-refractivity contribution in [3.8, 4) is 17.0 Å². The maximum absolute atomic E-state index is 14.3. The van der Waals surface area contributed by atoms with Crippen molar-refractivity contribution in [3.63, 3.8) is 0 Å². The average molecular weight is 646 g/mol. The first-order chi connectivity index (χ1) is 22.8. The van der Waals surface area contributed by atoms with Gasteiger partial charge in [0.1, 0.15) is 29.6 Å². The van der Waals surface area contributed by atoms with Crippen LogP contribution in [-0.2, 0) is 9.53 Å². The zero-order valence-corrected chi connectivity index (χ0v) is 27.8. The van der Waals surface area contributed by atoms with Gasteiger partial charge in [0.2, 0.25) is 5.91 Å². The minimum Gasteiger partial charge on any atom is -0.495 e. The van der Waals surface area contributed by atoms with Crippen LogP contribution in [0.3, 0.4) is 0 Å². The molecule has 0 spiro atoms. The largest absolute Gasteiger partial charge is 0.495 e. The number of carbonyl (C=O) groups excluding carboxylic acids is 2. The first kappa shape index (κ1) is 32.9. The van der Waals surface area contributed by atoms with Crippen molar-refractivity contribution in [3.05, 3.63) is 54.0 Å². The van der Waals surface area contributed by atoms with E-state index in [0.717, 1.165) is 72.8 Å². The van der Waals surface area contributed by atoms with Gasteiger partial charge in [0.25, 0.3) is 0 Å². The van der Waals surface area contributed by atoms with E-state index < -0.39 is 6.09 Å². The van der Waals surface area contributed by atoms with Crippen molar-refractivity contribution in [1.82, 2.24) is 19.9 Å². The van der Waals surface area contributed by atoms with Crippen LogP contribution in [0.4, 0.5) is 10.6 Å². The SMILES string of the molecule is COc1ccc(C2CCC(CN(C(=O)C3CCC(OC(=O)N(C)CCO)CC3)c3cc(-c4coc(C5CC5)n4)ccn3)CC2)nc1C. The zero-order chi connectivity index (χ0) is 32.9. The number of nitrogens with zero attached hydrogens (tertiary/aromatic N) is 5. The van der Waals surface area contributed by atoms with Crippen molar-refractivity contribution in [2.24, 2.45) is 11.8 Å². The van der Waals surface area contributed by atoms with Gasteiger partial charge in [-0.05, 0) is 101 Å². The Morgan fingerprint density at radius 1 is 0.979 bits per heavy atom. The standard InChI is InChI=1S/C36H47N5O6/c1-23-32(45-3)15-14-30(38-23)25-6-4-24(5-7-25)21-41(33-20-28(16-17-37-33)31-22-46-34(39-31)26-8-9-26)35(43)27-10-12-29(13-11-27)47-36(44)40(2)18-19-42/h14-17,20,22,24-27,29,42H,4-13,18-19,21H2,1-3H3. The molecule has 3 aromatic rings. The van der Waals surface area contributed by atoms with E-state index in [9.17, 15) is 9.59 Å². The molecule has 0 saturated heterocycles. The molecular weight excluding hydrogens is 598 g/mol. The maximum atomic E-state index is 14.3. The minimum absolute atomic E-state index is 0.0743. The Labute approximate surface area is 276 Å². The molecule has 3 saturated carbocycles. The summed E-state index contributed by atoms with van der Waals surface area (Å²) >= 11 is 0. The second-order valence-corrected chi connectivity index (χ2v) is 13.4. The van der Waals surface area contributed by atoms with Gasteiger partial charge in [-0.25, -0.2) is 14.8 Å². The monoisotopic (exact) mass is 645 g/mol. The number of likely N-dealkylation sites (N-methyl/N-ethyl adjacent to an activating group) is 1. The van der Waals surface area contributed by atoms with Gasteiger partial charge in [-0.2, -0.15) is 0 Å². The molecule has 11 heteroatoms. The quantitative estimate of drug-likeness (QED) is 0.257. The summed E-state index contributed by atoms with van der Waals surface area (Å²) in [4.78, 5) is 44.2. The van der Waals surface area contributed by atoms with Crippen LogP contribution in [0.15, 0.2) is 41.1 Å². The van der Waals surface area contributed by atoms with Crippen molar-refractivity contribution < 1.29 is 28.6 Å². The Kier molecular flexibility index (Phi) is 10.4.